The number of carbonyl (C=O) groups is 1. The highest BCUT2D eigenvalue weighted by Gasteiger charge is 2.11. The van der Waals surface area contributed by atoms with Crippen LogP contribution in [-0.4, -0.2) is 15.5 Å². The number of rotatable bonds is 5. The molecule has 0 unspecified atom stereocenters. The van der Waals surface area contributed by atoms with Crippen molar-refractivity contribution in [2.75, 3.05) is 0 Å². The van der Waals surface area contributed by atoms with Crippen LogP contribution in [0, 0.1) is 5.82 Å². The van der Waals surface area contributed by atoms with Gasteiger partial charge in [-0.25, -0.2) is 9.37 Å². The van der Waals surface area contributed by atoms with Crippen molar-refractivity contribution < 1.29 is 13.9 Å². The fraction of sp³-hybridized carbons (Fsp3) is 0.176. The van der Waals surface area contributed by atoms with E-state index < -0.39 is 5.91 Å². The first-order chi connectivity index (χ1) is 11.1. The monoisotopic (exact) mass is 313 g/mol. The molecule has 118 valence electrons. The summed E-state index contributed by atoms with van der Waals surface area (Å²) in [4.78, 5) is 15.5. The average molecular weight is 313 g/mol. The SMILES string of the molecule is CCn1c(COc2ccc(C(N)=O)cc2)nc2cc(F)ccc21. The lowest BCUT2D eigenvalue weighted by Crippen LogP contribution is -2.10. The van der Waals surface area contributed by atoms with Crippen molar-refractivity contribution in [3.05, 3.63) is 59.7 Å². The van der Waals surface area contributed by atoms with Crippen LogP contribution in [-0.2, 0) is 13.2 Å². The minimum absolute atomic E-state index is 0.250. The zero-order valence-electron chi connectivity index (χ0n) is 12.6. The van der Waals surface area contributed by atoms with Gasteiger partial charge in [-0.05, 0) is 43.3 Å². The summed E-state index contributed by atoms with van der Waals surface area (Å²) in [5.74, 6) is 0.530. The maximum Gasteiger partial charge on any atom is 0.248 e. The van der Waals surface area contributed by atoms with E-state index in [9.17, 15) is 9.18 Å². The highest BCUT2D eigenvalue weighted by molar-refractivity contribution is 5.92. The molecule has 0 aliphatic carbocycles. The number of benzene rings is 2. The molecule has 2 aromatic carbocycles. The van der Waals surface area contributed by atoms with Crippen LogP contribution >= 0.6 is 0 Å². The second-order valence-electron chi connectivity index (χ2n) is 5.08. The molecular formula is C17H16FN3O2. The fourth-order valence-electron chi connectivity index (χ4n) is 2.48. The van der Waals surface area contributed by atoms with Crippen LogP contribution in [0.1, 0.15) is 23.1 Å². The Morgan fingerprint density at radius 3 is 2.65 bits per heavy atom. The van der Waals surface area contributed by atoms with E-state index in [1.54, 1.807) is 30.3 Å². The Balaban J connectivity index is 1.82. The molecule has 3 aromatic rings. The number of fused-ring (bicyclic) bond motifs is 1. The Morgan fingerprint density at radius 1 is 1.26 bits per heavy atom. The molecule has 5 nitrogen and oxygen atoms in total. The van der Waals surface area contributed by atoms with Crippen molar-refractivity contribution in [1.29, 1.82) is 0 Å². The van der Waals surface area contributed by atoms with Gasteiger partial charge in [0.1, 0.15) is 24.0 Å². The molecule has 2 N–H and O–H groups in total. The van der Waals surface area contributed by atoms with Crippen molar-refractivity contribution in [2.45, 2.75) is 20.1 Å². The van der Waals surface area contributed by atoms with Crippen LogP contribution in [0.15, 0.2) is 42.5 Å². The van der Waals surface area contributed by atoms with E-state index in [1.165, 1.54) is 12.1 Å². The summed E-state index contributed by atoms with van der Waals surface area (Å²) in [6.07, 6.45) is 0. The van der Waals surface area contributed by atoms with E-state index in [4.69, 9.17) is 10.5 Å². The Labute approximate surface area is 132 Å². The Morgan fingerprint density at radius 2 is 2.00 bits per heavy atom. The first-order valence-corrected chi connectivity index (χ1v) is 7.26. The Hall–Kier alpha value is -2.89. The predicted molar refractivity (Wildman–Crippen MR) is 84.7 cm³/mol. The summed E-state index contributed by atoms with van der Waals surface area (Å²) in [5, 5.41) is 0. The Kier molecular flexibility index (Phi) is 3.97. The number of primary amides is 1. The predicted octanol–water partition coefficient (Wildman–Crippen LogP) is 2.87. The van der Waals surface area contributed by atoms with E-state index in [0.29, 0.717) is 29.2 Å². The van der Waals surface area contributed by atoms with E-state index in [0.717, 1.165) is 5.52 Å². The zero-order valence-corrected chi connectivity index (χ0v) is 12.6. The van der Waals surface area contributed by atoms with Gasteiger partial charge in [-0.2, -0.15) is 0 Å². The summed E-state index contributed by atoms with van der Waals surface area (Å²) in [6, 6.07) is 11.1. The lowest BCUT2D eigenvalue weighted by Gasteiger charge is -2.08. The van der Waals surface area contributed by atoms with E-state index in [-0.39, 0.29) is 12.4 Å². The highest BCUT2D eigenvalue weighted by Crippen LogP contribution is 2.19. The number of nitrogens with two attached hydrogens (primary N) is 1. The Bertz CT molecular complexity index is 856. The van der Waals surface area contributed by atoms with Gasteiger partial charge in [0.25, 0.3) is 0 Å². The van der Waals surface area contributed by atoms with E-state index in [2.05, 4.69) is 4.98 Å². The van der Waals surface area contributed by atoms with Gasteiger partial charge in [-0.1, -0.05) is 0 Å². The number of hydrogen-bond donors (Lipinski definition) is 1. The molecule has 23 heavy (non-hydrogen) atoms. The van der Waals surface area contributed by atoms with Gasteiger partial charge in [-0.3, -0.25) is 4.79 Å². The van der Waals surface area contributed by atoms with Gasteiger partial charge in [-0.15, -0.1) is 0 Å². The number of aryl methyl sites for hydroxylation is 1. The quantitative estimate of drug-likeness (QED) is 0.787. The lowest BCUT2D eigenvalue weighted by molar-refractivity contribution is 0.1000. The maximum absolute atomic E-state index is 13.3. The highest BCUT2D eigenvalue weighted by atomic mass is 19.1. The van der Waals surface area contributed by atoms with E-state index in [1.807, 2.05) is 11.5 Å². The molecule has 0 spiro atoms. The van der Waals surface area contributed by atoms with Gasteiger partial charge >= 0.3 is 0 Å². The molecule has 3 rings (SSSR count). The van der Waals surface area contributed by atoms with Crippen LogP contribution in [0.5, 0.6) is 5.75 Å². The number of nitrogens with zero attached hydrogens (tertiary/aromatic N) is 2. The van der Waals surface area contributed by atoms with Crippen molar-refractivity contribution in [2.24, 2.45) is 5.73 Å². The molecule has 1 heterocycles. The molecule has 0 radical (unpaired) electrons. The van der Waals surface area contributed by atoms with Gasteiger partial charge in [0.15, 0.2) is 0 Å². The molecule has 0 aliphatic rings. The van der Waals surface area contributed by atoms with Crippen LogP contribution in [0.2, 0.25) is 0 Å². The number of halogens is 1. The molecule has 0 fully saturated rings. The van der Waals surface area contributed by atoms with Crippen molar-refractivity contribution in [3.63, 3.8) is 0 Å². The third-order valence-electron chi connectivity index (χ3n) is 3.61. The standard InChI is InChI=1S/C17H16FN3O2/c1-2-21-15-8-5-12(18)9-14(15)20-16(21)10-23-13-6-3-11(4-7-13)17(19)22/h3-9H,2,10H2,1H3,(H2,19,22). The third kappa shape index (κ3) is 3.01. The summed E-state index contributed by atoms with van der Waals surface area (Å²) < 4.78 is 21.0. The molecule has 1 amide bonds. The van der Waals surface area contributed by atoms with Gasteiger partial charge in [0, 0.05) is 18.2 Å². The zero-order chi connectivity index (χ0) is 16.4. The fourth-order valence-corrected chi connectivity index (χ4v) is 2.48. The molecule has 1 aromatic heterocycles. The molecule has 0 saturated carbocycles. The number of amides is 1. The minimum atomic E-state index is -0.480. The lowest BCUT2D eigenvalue weighted by atomic mass is 10.2. The normalized spacial score (nSPS) is 10.9. The molecular weight excluding hydrogens is 297 g/mol. The number of carbonyl (C=O) groups excluding carboxylic acids is 1. The van der Waals surface area contributed by atoms with Crippen LogP contribution in [0.4, 0.5) is 4.39 Å². The summed E-state index contributed by atoms with van der Waals surface area (Å²) >= 11 is 0. The average Bonchev–Trinajstić information content (AvgIpc) is 2.89. The summed E-state index contributed by atoms with van der Waals surface area (Å²) in [7, 11) is 0. The topological polar surface area (TPSA) is 70.1 Å². The smallest absolute Gasteiger partial charge is 0.248 e. The van der Waals surface area contributed by atoms with Gasteiger partial charge in [0.05, 0.1) is 11.0 Å². The third-order valence-corrected chi connectivity index (χ3v) is 3.61. The summed E-state index contributed by atoms with van der Waals surface area (Å²) in [5.41, 5.74) is 7.10. The molecule has 0 aliphatic heterocycles. The number of ether oxygens (including phenoxy) is 1. The second-order valence-corrected chi connectivity index (χ2v) is 5.08. The maximum atomic E-state index is 13.3. The van der Waals surface area contributed by atoms with Crippen LogP contribution in [0.25, 0.3) is 11.0 Å². The molecule has 0 atom stereocenters. The first-order valence-electron chi connectivity index (χ1n) is 7.26. The molecule has 6 heteroatoms. The van der Waals surface area contributed by atoms with E-state index >= 15 is 0 Å². The minimum Gasteiger partial charge on any atom is -0.486 e. The van der Waals surface area contributed by atoms with Crippen LogP contribution in [0.3, 0.4) is 0 Å². The van der Waals surface area contributed by atoms with Gasteiger partial charge in [0.2, 0.25) is 5.91 Å². The number of imidazole rings is 1. The van der Waals surface area contributed by atoms with Crippen molar-refractivity contribution in [3.8, 4) is 5.75 Å². The van der Waals surface area contributed by atoms with Crippen molar-refractivity contribution >= 4 is 16.9 Å². The summed E-state index contributed by atoms with van der Waals surface area (Å²) in [6.45, 7) is 2.96. The first kappa shape index (κ1) is 15.0. The van der Waals surface area contributed by atoms with Gasteiger partial charge < -0.3 is 15.0 Å². The second kappa shape index (κ2) is 6.08. The number of hydrogen-bond acceptors (Lipinski definition) is 3. The molecule has 0 saturated heterocycles. The largest absolute Gasteiger partial charge is 0.486 e. The number of aromatic nitrogens is 2. The molecule has 0 bridgehead atoms. The van der Waals surface area contributed by atoms with Crippen molar-refractivity contribution in [1.82, 2.24) is 9.55 Å². The van der Waals surface area contributed by atoms with Crippen LogP contribution < -0.4 is 10.5 Å².